The second-order valence-corrected chi connectivity index (χ2v) is 3.99. The summed E-state index contributed by atoms with van der Waals surface area (Å²) in [5.41, 5.74) is 0. The maximum absolute atomic E-state index is 11.4. The van der Waals surface area contributed by atoms with Gasteiger partial charge in [-0.1, -0.05) is 40.0 Å². The topological polar surface area (TPSA) is 37.3 Å². The monoisotopic (exact) mass is 186 g/mol. The minimum Gasteiger partial charge on any atom is -0.386 e. The zero-order valence-electron chi connectivity index (χ0n) is 9.21. The van der Waals surface area contributed by atoms with Crippen molar-refractivity contribution in [3.8, 4) is 0 Å². The molecule has 13 heavy (non-hydrogen) atoms. The van der Waals surface area contributed by atoms with Gasteiger partial charge in [-0.25, -0.2) is 0 Å². The Kier molecular flexibility index (Phi) is 5.97. The van der Waals surface area contributed by atoms with Gasteiger partial charge in [0.1, 0.15) is 6.10 Å². The number of rotatable bonds is 6. The Balaban J connectivity index is 3.94. The van der Waals surface area contributed by atoms with Crippen molar-refractivity contribution >= 4 is 5.78 Å². The lowest BCUT2D eigenvalue weighted by molar-refractivity contribution is -0.131. The van der Waals surface area contributed by atoms with Crippen LogP contribution in [0.2, 0.25) is 0 Å². The highest BCUT2D eigenvalue weighted by molar-refractivity contribution is 5.84. The first-order valence-corrected chi connectivity index (χ1v) is 5.22. The molecule has 0 aromatic heterocycles. The van der Waals surface area contributed by atoms with Gasteiger partial charge in [0.05, 0.1) is 0 Å². The van der Waals surface area contributed by atoms with E-state index in [9.17, 15) is 4.79 Å². The fourth-order valence-corrected chi connectivity index (χ4v) is 1.44. The first kappa shape index (κ1) is 12.6. The van der Waals surface area contributed by atoms with E-state index < -0.39 is 6.10 Å². The summed E-state index contributed by atoms with van der Waals surface area (Å²) in [6.45, 7) is 7.69. The number of aliphatic hydroxyl groups excluding tert-OH is 1. The Labute approximate surface area is 81.3 Å². The Morgan fingerprint density at radius 3 is 2.23 bits per heavy atom. The zero-order chi connectivity index (χ0) is 10.4. The van der Waals surface area contributed by atoms with Crippen LogP contribution in [0, 0.1) is 11.8 Å². The highest BCUT2D eigenvalue weighted by Gasteiger charge is 2.22. The van der Waals surface area contributed by atoms with E-state index >= 15 is 0 Å². The van der Waals surface area contributed by atoms with Crippen LogP contribution < -0.4 is 0 Å². The number of carbonyl (C=O) groups excluding carboxylic acids is 1. The largest absolute Gasteiger partial charge is 0.386 e. The minimum absolute atomic E-state index is 0.00782. The Morgan fingerprint density at radius 2 is 1.85 bits per heavy atom. The van der Waals surface area contributed by atoms with Crippen LogP contribution in [0.4, 0.5) is 0 Å². The van der Waals surface area contributed by atoms with E-state index in [1.165, 1.54) is 12.8 Å². The van der Waals surface area contributed by atoms with Crippen LogP contribution in [0.25, 0.3) is 0 Å². The number of ketones is 1. The molecule has 0 aliphatic heterocycles. The first-order valence-electron chi connectivity index (χ1n) is 5.22. The van der Waals surface area contributed by atoms with E-state index in [4.69, 9.17) is 5.11 Å². The van der Waals surface area contributed by atoms with Crippen molar-refractivity contribution in [3.05, 3.63) is 0 Å². The smallest absolute Gasteiger partial charge is 0.164 e. The van der Waals surface area contributed by atoms with E-state index in [-0.39, 0.29) is 11.7 Å². The number of hydrogen-bond acceptors (Lipinski definition) is 2. The van der Waals surface area contributed by atoms with Gasteiger partial charge in [0.2, 0.25) is 0 Å². The lowest BCUT2D eigenvalue weighted by Gasteiger charge is -2.19. The Hall–Kier alpha value is -0.370. The van der Waals surface area contributed by atoms with Crippen molar-refractivity contribution in [3.63, 3.8) is 0 Å². The molecule has 78 valence electrons. The lowest BCUT2D eigenvalue weighted by atomic mass is 9.86. The number of Topliss-reactive ketones (excluding diaryl/α,β-unsaturated/α-hetero) is 1. The molecule has 0 bridgehead atoms. The third-order valence-corrected chi connectivity index (χ3v) is 2.73. The summed E-state index contributed by atoms with van der Waals surface area (Å²) < 4.78 is 0. The van der Waals surface area contributed by atoms with Crippen LogP contribution in [-0.2, 0) is 4.79 Å². The fourth-order valence-electron chi connectivity index (χ4n) is 1.44. The highest BCUT2D eigenvalue weighted by Crippen LogP contribution is 2.19. The highest BCUT2D eigenvalue weighted by atomic mass is 16.3. The maximum atomic E-state index is 11.4. The molecule has 1 N–H and O–H groups in total. The second-order valence-electron chi connectivity index (χ2n) is 3.99. The van der Waals surface area contributed by atoms with Crippen molar-refractivity contribution in [2.24, 2.45) is 11.8 Å². The van der Waals surface area contributed by atoms with Gasteiger partial charge in [-0.05, 0) is 12.8 Å². The molecule has 0 fully saturated rings. The minimum atomic E-state index is -0.806. The van der Waals surface area contributed by atoms with E-state index in [2.05, 4.69) is 13.8 Å². The van der Waals surface area contributed by atoms with Crippen molar-refractivity contribution in [2.45, 2.75) is 53.1 Å². The molecule has 0 heterocycles. The molecule has 0 aliphatic carbocycles. The molecule has 0 amide bonds. The van der Waals surface area contributed by atoms with Gasteiger partial charge in [0, 0.05) is 5.92 Å². The Bertz CT molecular complexity index is 152. The van der Waals surface area contributed by atoms with E-state index in [0.29, 0.717) is 5.92 Å². The molecule has 2 heteroatoms. The van der Waals surface area contributed by atoms with Crippen LogP contribution in [0.1, 0.15) is 47.0 Å². The molecule has 0 aromatic carbocycles. The van der Waals surface area contributed by atoms with E-state index in [0.717, 1.165) is 6.42 Å². The molecule has 0 saturated heterocycles. The van der Waals surface area contributed by atoms with Crippen molar-refractivity contribution in [1.29, 1.82) is 0 Å². The van der Waals surface area contributed by atoms with Gasteiger partial charge < -0.3 is 5.11 Å². The van der Waals surface area contributed by atoms with Crippen LogP contribution in [0.5, 0.6) is 0 Å². The van der Waals surface area contributed by atoms with Crippen molar-refractivity contribution < 1.29 is 9.90 Å². The summed E-state index contributed by atoms with van der Waals surface area (Å²) in [5.74, 6) is 0.359. The predicted molar refractivity (Wildman–Crippen MR) is 54.5 cm³/mol. The summed E-state index contributed by atoms with van der Waals surface area (Å²) in [6, 6.07) is 0. The molecular weight excluding hydrogens is 164 g/mol. The van der Waals surface area contributed by atoms with Gasteiger partial charge >= 0.3 is 0 Å². The molecular formula is C11H22O2. The number of unbranched alkanes of at least 4 members (excludes halogenated alkanes) is 1. The average Bonchev–Trinajstić information content (AvgIpc) is 2.11. The van der Waals surface area contributed by atoms with Crippen LogP contribution in [0.15, 0.2) is 0 Å². The van der Waals surface area contributed by atoms with Gasteiger partial charge in [-0.2, -0.15) is 0 Å². The molecule has 0 saturated carbocycles. The summed E-state index contributed by atoms with van der Waals surface area (Å²) in [5, 5.41) is 9.12. The third-order valence-electron chi connectivity index (χ3n) is 2.73. The van der Waals surface area contributed by atoms with E-state index in [1.54, 1.807) is 6.92 Å². The zero-order valence-corrected chi connectivity index (χ0v) is 9.21. The first-order chi connectivity index (χ1) is 6.00. The molecule has 0 aromatic rings. The quantitative estimate of drug-likeness (QED) is 0.691. The van der Waals surface area contributed by atoms with Gasteiger partial charge in [-0.3, -0.25) is 4.79 Å². The normalized spacial score (nSPS) is 17.9. The third kappa shape index (κ3) is 4.41. The van der Waals surface area contributed by atoms with Crippen LogP contribution in [0.3, 0.4) is 0 Å². The molecule has 0 radical (unpaired) electrons. The van der Waals surface area contributed by atoms with E-state index in [1.807, 2.05) is 6.92 Å². The average molecular weight is 186 g/mol. The summed E-state index contributed by atoms with van der Waals surface area (Å²) in [6.07, 6.45) is 2.60. The number of carbonyl (C=O) groups is 1. The van der Waals surface area contributed by atoms with Crippen molar-refractivity contribution in [2.75, 3.05) is 0 Å². The van der Waals surface area contributed by atoms with Gasteiger partial charge in [0.25, 0.3) is 0 Å². The lowest BCUT2D eigenvalue weighted by Crippen LogP contribution is -2.28. The maximum Gasteiger partial charge on any atom is 0.164 e. The molecule has 2 nitrogen and oxygen atoms in total. The van der Waals surface area contributed by atoms with Crippen molar-refractivity contribution in [1.82, 2.24) is 0 Å². The SMILES string of the molecule is CCCCC(C)C(C)C(=O)C(C)O. The number of hydrogen-bond donors (Lipinski definition) is 1. The Morgan fingerprint density at radius 1 is 1.31 bits per heavy atom. The second kappa shape index (κ2) is 6.14. The molecule has 0 rings (SSSR count). The van der Waals surface area contributed by atoms with Gasteiger partial charge in [-0.15, -0.1) is 0 Å². The summed E-state index contributed by atoms with van der Waals surface area (Å²) >= 11 is 0. The standard InChI is InChI=1S/C11H22O2/c1-5-6-7-8(2)9(3)11(13)10(4)12/h8-10,12H,5-7H2,1-4H3. The summed E-state index contributed by atoms with van der Waals surface area (Å²) in [4.78, 5) is 11.4. The predicted octanol–water partition coefficient (Wildman–Crippen LogP) is 2.40. The fraction of sp³-hybridized carbons (Fsp3) is 0.909. The van der Waals surface area contributed by atoms with Crippen LogP contribution >= 0.6 is 0 Å². The van der Waals surface area contributed by atoms with Gasteiger partial charge in [0.15, 0.2) is 5.78 Å². The number of aliphatic hydroxyl groups is 1. The molecule has 3 unspecified atom stereocenters. The molecule has 0 aliphatic rings. The van der Waals surface area contributed by atoms with Crippen LogP contribution in [-0.4, -0.2) is 17.0 Å². The summed E-state index contributed by atoms with van der Waals surface area (Å²) in [7, 11) is 0. The molecule has 0 spiro atoms. The molecule has 3 atom stereocenters.